The molecule has 1 nitrogen and oxygen atoms in total. The van der Waals surface area contributed by atoms with Gasteiger partial charge < -0.3 is 5.32 Å². The highest BCUT2D eigenvalue weighted by Gasteiger charge is 2.31. The van der Waals surface area contributed by atoms with Crippen molar-refractivity contribution in [1.29, 1.82) is 0 Å². The van der Waals surface area contributed by atoms with Crippen LogP contribution in [0.25, 0.3) is 10.1 Å². The molecule has 108 valence electrons. The van der Waals surface area contributed by atoms with Gasteiger partial charge in [0.15, 0.2) is 0 Å². The van der Waals surface area contributed by atoms with Crippen LogP contribution < -0.4 is 5.32 Å². The van der Waals surface area contributed by atoms with Crippen LogP contribution in [0.4, 0.5) is 0 Å². The van der Waals surface area contributed by atoms with Crippen LogP contribution in [0.5, 0.6) is 0 Å². The van der Waals surface area contributed by atoms with Crippen molar-refractivity contribution >= 4 is 21.4 Å². The third kappa shape index (κ3) is 2.64. The van der Waals surface area contributed by atoms with Crippen molar-refractivity contribution in [3.8, 4) is 0 Å². The van der Waals surface area contributed by atoms with E-state index in [1.165, 1.54) is 35.8 Å². The van der Waals surface area contributed by atoms with Gasteiger partial charge in [0.2, 0.25) is 0 Å². The first kappa shape index (κ1) is 14.1. The molecule has 1 aliphatic rings. The van der Waals surface area contributed by atoms with Gasteiger partial charge in [-0.1, -0.05) is 39.0 Å². The maximum atomic E-state index is 3.79. The van der Waals surface area contributed by atoms with Crippen LogP contribution in [0.3, 0.4) is 0 Å². The second kappa shape index (κ2) is 5.50. The van der Waals surface area contributed by atoms with E-state index in [2.05, 4.69) is 50.4 Å². The Balaban J connectivity index is 2.05. The van der Waals surface area contributed by atoms with Crippen LogP contribution in [-0.4, -0.2) is 6.54 Å². The zero-order valence-corrected chi connectivity index (χ0v) is 13.6. The molecular weight excluding hydrogens is 262 g/mol. The van der Waals surface area contributed by atoms with E-state index < -0.39 is 0 Å². The fraction of sp³-hybridized carbons (Fsp3) is 0.556. The molecule has 1 aromatic carbocycles. The van der Waals surface area contributed by atoms with Gasteiger partial charge in [-0.25, -0.2) is 0 Å². The minimum atomic E-state index is 0.436. The second-order valence-corrected chi connectivity index (χ2v) is 7.90. The molecule has 1 N–H and O–H groups in total. The molecule has 0 bridgehead atoms. The van der Waals surface area contributed by atoms with Crippen molar-refractivity contribution in [2.75, 3.05) is 6.54 Å². The van der Waals surface area contributed by atoms with Gasteiger partial charge in [-0.3, -0.25) is 0 Å². The van der Waals surface area contributed by atoms with Gasteiger partial charge in [0.25, 0.3) is 0 Å². The van der Waals surface area contributed by atoms with Gasteiger partial charge in [0.1, 0.15) is 0 Å². The summed E-state index contributed by atoms with van der Waals surface area (Å²) in [6, 6.07) is 9.47. The van der Waals surface area contributed by atoms with Gasteiger partial charge >= 0.3 is 0 Å². The zero-order valence-electron chi connectivity index (χ0n) is 12.8. The van der Waals surface area contributed by atoms with Crippen molar-refractivity contribution in [3.63, 3.8) is 0 Å². The van der Waals surface area contributed by atoms with E-state index in [9.17, 15) is 0 Å². The van der Waals surface area contributed by atoms with E-state index in [4.69, 9.17) is 0 Å². The van der Waals surface area contributed by atoms with Crippen LogP contribution in [-0.2, 0) is 6.42 Å². The first-order valence-electron chi connectivity index (χ1n) is 7.84. The Morgan fingerprint density at radius 2 is 2.10 bits per heavy atom. The van der Waals surface area contributed by atoms with E-state index in [0.717, 1.165) is 6.54 Å². The quantitative estimate of drug-likeness (QED) is 0.755. The Labute approximate surface area is 126 Å². The van der Waals surface area contributed by atoms with Crippen molar-refractivity contribution in [3.05, 3.63) is 34.7 Å². The molecule has 3 rings (SSSR count). The number of benzene rings is 1. The van der Waals surface area contributed by atoms with Crippen molar-refractivity contribution in [1.82, 2.24) is 5.32 Å². The zero-order chi connectivity index (χ0) is 14.2. The molecule has 0 amide bonds. The largest absolute Gasteiger partial charge is 0.309 e. The molecule has 0 saturated carbocycles. The fourth-order valence-electron chi connectivity index (χ4n) is 3.35. The van der Waals surface area contributed by atoms with E-state index >= 15 is 0 Å². The maximum absolute atomic E-state index is 3.79. The summed E-state index contributed by atoms with van der Waals surface area (Å²) in [6.45, 7) is 8.22. The minimum absolute atomic E-state index is 0.436. The SMILES string of the molecule is CCCNC1CC(C)(C)CCc2c1sc1ccccc21. The lowest BCUT2D eigenvalue weighted by Crippen LogP contribution is -2.25. The Kier molecular flexibility index (Phi) is 3.87. The summed E-state index contributed by atoms with van der Waals surface area (Å²) in [7, 11) is 0. The third-order valence-electron chi connectivity index (χ3n) is 4.50. The van der Waals surface area contributed by atoms with E-state index in [1.807, 2.05) is 11.3 Å². The van der Waals surface area contributed by atoms with Crippen LogP contribution in [0.2, 0.25) is 0 Å². The predicted molar refractivity (Wildman–Crippen MR) is 89.6 cm³/mol. The molecule has 1 heterocycles. The molecule has 0 radical (unpaired) electrons. The molecule has 0 aliphatic heterocycles. The van der Waals surface area contributed by atoms with Crippen molar-refractivity contribution in [2.24, 2.45) is 5.41 Å². The Morgan fingerprint density at radius 1 is 1.30 bits per heavy atom. The average Bonchev–Trinajstić information content (AvgIpc) is 2.74. The first-order chi connectivity index (χ1) is 9.61. The molecule has 1 atom stereocenters. The monoisotopic (exact) mass is 287 g/mol. The van der Waals surface area contributed by atoms with Gasteiger partial charge in [-0.15, -0.1) is 11.3 Å². The number of hydrogen-bond acceptors (Lipinski definition) is 2. The molecule has 20 heavy (non-hydrogen) atoms. The topological polar surface area (TPSA) is 12.0 Å². The standard InChI is InChI=1S/C18H25NS/c1-4-11-19-15-12-18(2,3)10-9-14-13-7-5-6-8-16(13)20-17(14)15/h5-8,15,19H,4,9-12H2,1-3H3. The van der Waals surface area contributed by atoms with Crippen molar-refractivity contribution < 1.29 is 0 Å². The Hall–Kier alpha value is -0.860. The third-order valence-corrected chi connectivity index (χ3v) is 5.82. The minimum Gasteiger partial charge on any atom is -0.309 e. The van der Waals surface area contributed by atoms with Crippen LogP contribution in [0.1, 0.15) is 56.5 Å². The highest BCUT2D eigenvalue weighted by Crippen LogP contribution is 2.45. The molecular formula is C18H25NS. The molecule has 0 fully saturated rings. The fourth-order valence-corrected chi connectivity index (χ4v) is 4.68. The summed E-state index contributed by atoms with van der Waals surface area (Å²) in [5, 5.41) is 5.29. The molecule has 1 aliphatic carbocycles. The molecule has 2 aromatic rings. The smallest absolute Gasteiger partial charge is 0.0423 e. The average molecular weight is 287 g/mol. The molecule has 1 unspecified atom stereocenters. The highest BCUT2D eigenvalue weighted by molar-refractivity contribution is 7.19. The van der Waals surface area contributed by atoms with Gasteiger partial charge in [0.05, 0.1) is 0 Å². The summed E-state index contributed by atoms with van der Waals surface area (Å²) in [4.78, 5) is 1.60. The summed E-state index contributed by atoms with van der Waals surface area (Å²) >= 11 is 2.01. The van der Waals surface area contributed by atoms with Gasteiger partial charge in [-0.05, 0) is 54.7 Å². The Morgan fingerprint density at radius 3 is 2.90 bits per heavy atom. The summed E-state index contributed by atoms with van der Waals surface area (Å²) in [5.41, 5.74) is 2.05. The first-order valence-corrected chi connectivity index (χ1v) is 8.66. The molecule has 2 heteroatoms. The van der Waals surface area contributed by atoms with Gasteiger partial charge in [0, 0.05) is 15.6 Å². The molecule has 0 saturated heterocycles. The summed E-state index contributed by atoms with van der Waals surface area (Å²) < 4.78 is 1.46. The number of fused-ring (bicyclic) bond motifs is 3. The number of rotatable bonds is 3. The number of thiophene rings is 1. The Bertz CT molecular complexity index is 596. The van der Waals surface area contributed by atoms with Gasteiger partial charge in [-0.2, -0.15) is 0 Å². The molecule has 0 spiro atoms. The van der Waals surface area contributed by atoms with E-state index in [-0.39, 0.29) is 0 Å². The number of aryl methyl sites for hydroxylation is 1. The second-order valence-electron chi connectivity index (χ2n) is 6.82. The normalized spacial score (nSPS) is 21.6. The number of nitrogens with one attached hydrogen (secondary N) is 1. The lowest BCUT2D eigenvalue weighted by molar-refractivity contribution is 0.275. The number of hydrogen-bond donors (Lipinski definition) is 1. The summed E-state index contributed by atoms with van der Waals surface area (Å²) in [6.07, 6.45) is 4.99. The van der Waals surface area contributed by atoms with Crippen LogP contribution in [0, 0.1) is 5.41 Å². The van der Waals surface area contributed by atoms with E-state index in [1.54, 1.807) is 10.4 Å². The van der Waals surface area contributed by atoms with Crippen LogP contribution in [0.15, 0.2) is 24.3 Å². The predicted octanol–water partition coefficient (Wildman–Crippen LogP) is 5.30. The highest BCUT2D eigenvalue weighted by atomic mass is 32.1. The lowest BCUT2D eigenvalue weighted by atomic mass is 9.83. The molecule has 1 aromatic heterocycles. The lowest BCUT2D eigenvalue weighted by Gasteiger charge is -2.27. The van der Waals surface area contributed by atoms with E-state index in [0.29, 0.717) is 11.5 Å². The maximum Gasteiger partial charge on any atom is 0.0423 e. The summed E-state index contributed by atoms with van der Waals surface area (Å²) in [5.74, 6) is 0. The van der Waals surface area contributed by atoms with Crippen molar-refractivity contribution in [2.45, 2.75) is 52.5 Å². The van der Waals surface area contributed by atoms with Crippen LogP contribution >= 0.6 is 11.3 Å².